The molecular weight excluding hydrogens is 354 g/mol. The van der Waals surface area contributed by atoms with Gasteiger partial charge in [-0.15, -0.1) is 0 Å². The van der Waals surface area contributed by atoms with Crippen LogP contribution in [-0.2, 0) is 23.3 Å². The molecule has 0 aliphatic rings. The number of rotatable bonds is 6. The van der Waals surface area contributed by atoms with Crippen LogP contribution in [0.1, 0.15) is 43.0 Å². The van der Waals surface area contributed by atoms with Gasteiger partial charge in [-0.2, -0.15) is 0 Å². The van der Waals surface area contributed by atoms with Crippen LogP contribution in [0.2, 0.25) is 0 Å². The van der Waals surface area contributed by atoms with Gasteiger partial charge in [0.25, 0.3) is 0 Å². The van der Waals surface area contributed by atoms with Gasteiger partial charge in [-0.25, -0.2) is 0 Å². The Morgan fingerprint density at radius 3 is 1.69 bits per heavy atom. The summed E-state index contributed by atoms with van der Waals surface area (Å²) in [5, 5.41) is 0. The molecule has 0 fully saturated rings. The Balaban J connectivity index is 1.75. The van der Waals surface area contributed by atoms with E-state index in [1.807, 2.05) is 47.4 Å². The monoisotopic (exact) mass is 383 g/mol. The average Bonchev–Trinajstić information content (AvgIpc) is 2.73. The van der Waals surface area contributed by atoms with Gasteiger partial charge in [0.1, 0.15) is 0 Å². The minimum Gasteiger partial charge on any atom is -0.331 e. The highest BCUT2D eigenvalue weighted by atomic mass is 16.2. The van der Waals surface area contributed by atoms with Gasteiger partial charge < -0.3 is 4.90 Å². The van der Waals surface area contributed by atoms with Crippen molar-refractivity contribution >= 4 is 12.0 Å². The second-order valence-corrected chi connectivity index (χ2v) is 8.37. The van der Waals surface area contributed by atoms with Gasteiger partial charge in [0.05, 0.1) is 0 Å². The molecule has 2 nitrogen and oxygen atoms in total. The van der Waals surface area contributed by atoms with Gasteiger partial charge in [0.2, 0.25) is 5.91 Å². The van der Waals surface area contributed by atoms with E-state index < -0.39 is 0 Å². The van der Waals surface area contributed by atoms with Crippen LogP contribution < -0.4 is 0 Å². The second kappa shape index (κ2) is 9.38. The molecule has 0 aromatic heterocycles. The smallest absolute Gasteiger partial charge is 0.247 e. The van der Waals surface area contributed by atoms with Crippen molar-refractivity contribution in [3.05, 3.63) is 113 Å². The topological polar surface area (TPSA) is 20.3 Å². The first-order valence-corrected chi connectivity index (χ1v) is 10.1. The van der Waals surface area contributed by atoms with E-state index in [9.17, 15) is 4.79 Å². The number of amides is 1. The summed E-state index contributed by atoms with van der Waals surface area (Å²) in [6, 6.07) is 28.7. The predicted molar refractivity (Wildman–Crippen MR) is 121 cm³/mol. The molecule has 0 aliphatic carbocycles. The Hall–Kier alpha value is -3.13. The Labute approximate surface area is 174 Å². The van der Waals surface area contributed by atoms with Crippen LogP contribution in [0.4, 0.5) is 0 Å². The zero-order chi connectivity index (χ0) is 20.7. The minimum atomic E-state index is 0.0117. The summed E-state index contributed by atoms with van der Waals surface area (Å²) in [6.07, 6.45) is 3.58. The van der Waals surface area contributed by atoms with Gasteiger partial charge in [-0.3, -0.25) is 4.79 Å². The highest BCUT2D eigenvalue weighted by Gasteiger charge is 2.14. The van der Waals surface area contributed by atoms with E-state index in [4.69, 9.17) is 0 Å². The number of hydrogen-bond donors (Lipinski definition) is 0. The summed E-state index contributed by atoms with van der Waals surface area (Å²) in [5.41, 5.74) is 4.70. The number of carbonyl (C=O) groups excluding carboxylic acids is 1. The Kier molecular flexibility index (Phi) is 6.66. The van der Waals surface area contributed by atoms with Crippen LogP contribution in [0.5, 0.6) is 0 Å². The standard InChI is InChI=1S/C27H29NO/c1-27(2,3)25-17-14-22(15-18-25)16-19-26(29)28(20-23-10-6-4-7-11-23)21-24-12-8-5-9-13-24/h4-19H,20-21H2,1-3H3/b19-16+. The van der Waals surface area contributed by atoms with Crippen molar-refractivity contribution in [1.29, 1.82) is 0 Å². The summed E-state index contributed by atoms with van der Waals surface area (Å²) in [5.74, 6) is 0.0117. The van der Waals surface area contributed by atoms with Crippen molar-refractivity contribution in [3.63, 3.8) is 0 Å². The fourth-order valence-electron chi connectivity index (χ4n) is 3.19. The molecule has 148 valence electrons. The third kappa shape index (κ3) is 6.18. The van der Waals surface area contributed by atoms with E-state index in [0.717, 1.165) is 16.7 Å². The highest BCUT2D eigenvalue weighted by Crippen LogP contribution is 2.22. The maximum absolute atomic E-state index is 13.0. The van der Waals surface area contributed by atoms with E-state index in [1.165, 1.54) is 5.56 Å². The summed E-state index contributed by atoms with van der Waals surface area (Å²) in [7, 11) is 0. The maximum atomic E-state index is 13.0. The molecule has 3 aromatic rings. The van der Waals surface area contributed by atoms with Crippen LogP contribution in [0, 0.1) is 0 Å². The van der Waals surface area contributed by atoms with Crippen LogP contribution in [-0.4, -0.2) is 10.8 Å². The fourth-order valence-corrected chi connectivity index (χ4v) is 3.19. The van der Waals surface area contributed by atoms with E-state index >= 15 is 0 Å². The molecule has 2 heteroatoms. The summed E-state index contributed by atoms with van der Waals surface area (Å²) < 4.78 is 0. The first kappa shape index (κ1) is 20.6. The molecule has 0 atom stereocenters. The molecule has 0 bridgehead atoms. The van der Waals surface area contributed by atoms with E-state index in [2.05, 4.69) is 69.3 Å². The minimum absolute atomic E-state index is 0.0117. The van der Waals surface area contributed by atoms with Crippen molar-refractivity contribution in [1.82, 2.24) is 4.90 Å². The Morgan fingerprint density at radius 2 is 1.24 bits per heavy atom. The molecular formula is C27H29NO. The molecule has 0 saturated heterocycles. The highest BCUT2D eigenvalue weighted by molar-refractivity contribution is 5.91. The molecule has 0 spiro atoms. The van der Waals surface area contributed by atoms with Gasteiger partial charge in [0.15, 0.2) is 0 Å². The van der Waals surface area contributed by atoms with Crippen molar-refractivity contribution in [3.8, 4) is 0 Å². The van der Waals surface area contributed by atoms with Gasteiger partial charge in [0, 0.05) is 19.2 Å². The molecule has 0 N–H and O–H groups in total. The lowest BCUT2D eigenvalue weighted by atomic mass is 9.87. The molecule has 3 rings (SSSR count). The fraction of sp³-hybridized carbons (Fsp3) is 0.222. The lowest BCUT2D eigenvalue weighted by Gasteiger charge is -2.22. The molecule has 0 aliphatic heterocycles. The number of benzene rings is 3. The molecule has 0 heterocycles. The number of nitrogens with zero attached hydrogens (tertiary/aromatic N) is 1. The lowest BCUT2D eigenvalue weighted by molar-refractivity contribution is -0.127. The molecule has 0 radical (unpaired) electrons. The second-order valence-electron chi connectivity index (χ2n) is 8.37. The zero-order valence-electron chi connectivity index (χ0n) is 17.5. The normalized spacial score (nSPS) is 11.6. The summed E-state index contributed by atoms with van der Waals surface area (Å²) >= 11 is 0. The summed E-state index contributed by atoms with van der Waals surface area (Å²) in [4.78, 5) is 14.9. The average molecular weight is 384 g/mol. The van der Waals surface area contributed by atoms with Crippen LogP contribution in [0.25, 0.3) is 6.08 Å². The first-order chi connectivity index (χ1) is 13.9. The summed E-state index contributed by atoms with van der Waals surface area (Å²) in [6.45, 7) is 7.77. The number of hydrogen-bond acceptors (Lipinski definition) is 1. The van der Waals surface area contributed by atoms with E-state index in [1.54, 1.807) is 6.08 Å². The predicted octanol–water partition coefficient (Wildman–Crippen LogP) is 6.23. The van der Waals surface area contributed by atoms with E-state index in [-0.39, 0.29) is 11.3 Å². The van der Waals surface area contributed by atoms with Gasteiger partial charge in [-0.05, 0) is 33.7 Å². The molecule has 3 aromatic carbocycles. The van der Waals surface area contributed by atoms with E-state index in [0.29, 0.717) is 13.1 Å². The number of carbonyl (C=O) groups is 1. The van der Waals surface area contributed by atoms with Crippen molar-refractivity contribution in [2.24, 2.45) is 0 Å². The van der Waals surface area contributed by atoms with Crippen LogP contribution >= 0.6 is 0 Å². The first-order valence-electron chi connectivity index (χ1n) is 10.1. The lowest BCUT2D eigenvalue weighted by Crippen LogP contribution is -2.28. The Bertz CT molecular complexity index is 894. The van der Waals surface area contributed by atoms with Crippen molar-refractivity contribution < 1.29 is 4.79 Å². The van der Waals surface area contributed by atoms with Gasteiger partial charge in [-0.1, -0.05) is 106 Å². The van der Waals surface area contributed by atoms with Crippen LogP contribution in [0.3, 0.4) is 0 Å². The largest absolute Gasteiger partial charge is 0.331 e. The molecule has 29 heavy (non-hydrogen) atoms. The zero-order valence-corrected chi connectivity index (χ0v) is 17.5. The molecule has 0 saturated carbocycles. The maximum Gasteiger partial charge on any atom is 0.247 e. The van der Waals surface area contributed by atoms with Crippen molar-refractivity contribution in [2.45, 2.75) is 39.3 Å². The quantitative estimate of drug-likeness (QED) is 0.462. The van der Waals surface area contributed by atoms with Crippen LogP contribution in [0.15, 0.2) is 91.0 Å². The molecule has 1 amide bonds. The van der Waals surface area contributed by atoms with Gasteiger partial charge >= 0.3 is 0 Å². The SMILES string of the molecule is CC(C)(C)c1ccc(/C=C/C(=O)N(Cc2ccccc2)Cc2ccccc2)cc1. The van der Waals surface area contributed by atoms with Crippen molar-refractivity contribution in [2.75, 3.05) is 0 Å². The molecule has 0 unspecified atom stereocenters. The third-order valence-corrected chi connectivity index (χ3v) is 4.94. The Morgan fingerprint density at radius 1 is 0.759 bits per heavy atom. The third-order valence-electron chi connectivity index (χ3n) is 4.94.